The van der Waals surface area contributed by atoms with Crippen LogP contribution in [-0.4, -0.2) is 12.3 Å². The average molecular weight is 936 g/mol. The smallest absolute Gasteiger partial charge is 0.252 e. The van der Waals surface area contributed by atoms with E-state index >= 15 is 0 Å². The Labute approximate surface area is 428 Å². The summed E-state index contributed by atoms with van der Waals surface area (Å²) in [5.41, 5.74) is 28.1. The van der Waals surface area contributed by atoms with Crippen LogP contribution in [0, 0.1) is 13.8 Å². The van der Waals surface area contributed by atoms with Crippen LogP contribution in [0.4, 0.5) is 39.8 Å². The third kappa shape index (κ3) is 5.59. The van der Waals surface area contributed by atoms with Gasteiger partial charge in [0.1, 0.15) is 0 Å². The summed E-state index contributed by atoms with van der Waals surface area (Å²) in [7, 11) is 0. The van der Waals surface area contributed by atoms with E-state index in [9.17, 15) is 0 Å². The normalized spacial score (nSPS) is 24.0. The van der Waals surface area contributed by atoms with Crippen molar-refractivity contribution in [2.24, 2.45) is 0 Å². The maximum absolute atomic E-state index is 2.95. The fourth-order valence-corrected chi connectivity index (χ4v) is 15.8. The Hall–Kier alpha value is -6.78. The fourth-order valence-electron chi connectivity index (χ4n) is 15.8. The maximum atomic E-state index is 2.95. The quantitative estimate of drug-likeness (QED) is 0.163. The predicted octanol–water partition coefficient (Wildman–Crippen LogP) is 15.6. The molecule has 6 aliphatic rings. The summed E-state index contributed by atoms with van der Waals surface area (Å²) < 4.78 is 0. The Balaban J connectivity index is 1.11. The molecule has 14 rings (SSSR count). The molecule has 2 aliphatic carbocycles. The molecule has 3 nitrogen and oxygen atoms in total. The van der Waals surface area contributed by atoms with E-state index in [0.717, 1.165) is 19.3 Å². The van der Waals surface area contributed by atoms with Gasteiger partial charge in [0.2, 0.25) is 0 Å². The van der Waals surface area contributed by atoms with Crippen molar-refractivity contribution in [3.05, 3.63) is 203 Å². The molecule has 8 aromatic carbocycles. The van der Waals surface area contributed by atoms with Crippen molar-refractivity contribution >= 4 is 62.9 Å². The van der Waals surface area contributed by atoms with E-state index in [2.05, 4.69) is 241 Å². The summed E-state index contributed by atoms with van der Waals surface area (Å²) in [6, 6.07) is 63.5. The van der Waals surface area contributed by atoms with E-state index in [4.69, 9.17) is 0 Å². The van der Waals surface area contributed by atoms with E-state index < -0.39 is 0 Å². The summed E-state index contributed by atoms with van der Waals surface area (Å²) in [6.45, 7) is 22.4. The number of hydrogen-bond acceptors (Lipinski definition) is 3. The molecule has 1 fully saturated rings. The number of benzene rings is 8. The molecule has 8 aromatic rings. The van der Waals surface area contributed by atoms with Crippen LogP contribution in [0.1, 0.15) is 120 Å². The first-order valence-corrected chi connectivity index (χ1v) is 27.0. The molecule has 1 saturated carbocycles. The lowest BCUT2D eigenvalue weighted by molar-refractivity contribution is 0.194. The number of hydrogen-bond donors (Lipinski definition) is 0. The van der Waals surface area contributed by atoms with E-state index in [1.807, 2.05) is 0 Å². The van der Waals surface area contributed by atoms with Crippen LogP contribution in [0.3, 0.4) is 0 Å². The van der Waals surface area contributed by atoms with Gasteiger partial charge in [-0.15, -0.1) is 0 Å². The van der Waals surface area contributed by atoms with Crippen LogP contribution in [-0.2, 0) is 28.2 Å². The van der Waals surface area contributed by atoms with Crippen molar-refractivity contribution < 1.29 is 0 Å². The third-order valence-corrected chi connectivity index (χ3v) is 19.8. The van der Waals surface area contributed by atoms with Crippen LogP contribution in [0.25, 0.3) is 22.3 Å². The SMILES string of the molecule is Cc1cc(C)c2c3c1B1c4cc(-c5ccccc5)ccc4N(c4ccc(-c5ccccc5)cc4)c4cc(N5c6ccc(C(C)(C)C)cc6C6(C)CCc7ccccc7C56C)cc(c41)N3C1(C)CCCCC21C. The van der Waals surface area contributed by atoms with Crippen molar-refractivity contribution in [3.63, 3.8) is 0 Å². The van der Waals surface area contributed by atoms with E-state index in [0.29, 0.717) is 0 Å². The lowest BCUT2D eigenvalue weighted by atomic mass is 9.32. The van der Waals surface area contributed by atoms with E-state index in [-0.39, 0.29) is 34.0 Å². The number of aryl methyl sites for hydroxylation is 3. The lowest BCUT2D eigenvalue weighted by Crippen LogP contribution is -2.65. The van der Waals surface area contributed by atoms with Crippen LogP contribution < -0.4 is 31.1 Å². The van der Waals surface area contributed by atoms with Crippen molar-refractivity contribution in [1.29, 1.82) is 0 Å². The molecule has 0 spiro atoms. The zero-order valence-electron chi connectivity index (χ0n) is 43.8. The fraction of sp³-hybridized carbons (Fsp3) is 0.294. The van der Waals surface area contributed by atoms with Gasteiger partial charge in [0.25, 0.3) is 6.71 Å². The molecule has 4 atom stereocenters. The predicted molar refractivity (Wildman–Crippen MR) is 306 cm³/mol. The Morgan fingerprint density at radius 2 is 1.12 bits per heavy atom. The second kappa shape index (κ2) is 14.9. The molecule has 356 valence electrons. The van der Waals surface area contributed by atoms with Gasteiger partial charge in [-0.1, -0.05) is 180 Å². The van der Waals surface area contributed by atoms with E-state index in [1.54, 1.807) is 5.56 Å². The largest absolute Gasteiger partial charge is 0.335 e. The highest BCUT2D eigenvalue weighted by atomic mass is 15.3. The highest BCUT2D eigenvalue weighted by Gasteiger charge is 2.64. The van der Waals surface area contributed by atoms with Crippen molar-refractivity contribution in [2.45, 2.75) is 128 Å². The van der Waals surface area contributed by atoms with Crippen LogP contribution in [0.5, 0.6) is 0 Å². The van der Waals surface area contributed by atoms with Gasteiger partial charge in [-0.2, -0.15) is 0 Å². The number of nitrogens with zero attached hydrogens (tertiary/aromatic N) is 3. The average Bonchev–Trinajstić information content (AvgIpc) is 3.74. The van der Waals surface area contributed by atoms with Gasteiger partial charge in [-0.3, -0.25) is 0 Å². The molecule has 0 amide bonds. The molecule has 0 N–H and O–H groups in total. The van der Waals surface area contributed by atoms with E-state index in [1.165, 1.54) is 131 Å². The maximum Gasteiger partial charge on any atom is 0.252 e. The van der Waals surface area contributed by atoms with Crippen molar-refractivity contribution in [2.75, 3.05) is 14.7 Å². The minimum absolute atomic E-state index is 0.0123. The van der Waals surface area contributed by atoms with Crippen LogP contribution in [0.15, 0.2) is 164 Å². The number of anilines is 7. The standard InChI is InChI=1S/C68H66BN3/c1-43-38-44(2)61-63-60(43)66(7)35-18-19-36-67(66,8)72(63)59-42-52(71-56-33-29-50(64(3,4)5)40-54(56)65(6)37-34-48-24-16-17-25-53(48)68(65,71)9)41-58-62(59)69(61)55-39-49(46-22-14-11-15-23-46)28-32-57(55)70(58)51-30-26-47(27-31-51)45-20-12-10-13-21-45/h10-17,20-33,38-42H,18-19,34-37H2,1-9H3. The molecule has 0 saturated heterocycles. The Bertz CT molecular complexity index is 3570. The zero-order chi connectivity index (χ0) is 49.3. The molecular weight excluding hydrogens is 870 g/mol. The first-order chi connectivity index (χ1) is 34.7. The summed E-state index contributed by atoms with van der Waals surface area (Å²) in [6.07, 6.45) is 7.01. The lowest BCUT2D eigenvalue weighted by Gasteiger charge is -2.54. The van der Waals surface area contributed by atoms with Crippen LogP contribution >= 0.6 is 0 Å². The highest BCUT2D eigenvalue weighted by Crippen LogP contribution is 2.67. The number of fused-ring (bicyclic) bond motifs is 12. The number of rotatable bonds is 4. The molecule has 72 heavy (non-hydrogen) atoms. The van der Waals surface area contributed by atoms with Crippen molar-refractivity contribution in [1.82, 2.24) is 0 Å². The molecule has 0 aromatic heterocycles. The second-order valence-electron chi connectivity index (χ2n) is 24.4. The third-order valence-electron chi connectivity index (χ3n) is 19.8. The molecule has 0 bridgehead atoms. The first kappa shape index (κ1) is 44.0. The molecule has 0 radical (unpaired) electrons. The van der Waals surface area contributed by atoms with Crippen molar-refractivity contribution in [3.8, 4) is 22.3 Å². The van der Waals surface area contributed by atoms with Gasteiger partial charge in [0, 0.05) is 50.6 Å². The summed E-state index contributed by atoms with van der Waals surface area (Å²) >= 11 is 0. The van der Waals surface area contributed by atoms with Gasteiger partial charge in [-0.25, -0.2) is 0 Å². The Morgan fingerprint density at radius 1 is 0.486 bits per heavy atom. The minimum atomic E-state index is -0.362. The Kier molecular flexibility index (Phi) is 9.10. The topological polar surface area (TPSA) is 9.72 Å². The van der Waals surface area contributed by atoms with Gasteiger partial charge >= 0.3 is 0 Å². The first-order valence-electron chi connectivity index (χ1n) is 27.0. The van der Waals surface area contributed by atoms with Crippen LogP contribution in [0.2, 0.25) is 0 Å². The van der Waals surface area contributed by atoms with Gasteiger partial charge in [0.15, 0.2) is 0 Å². The second-order valence-corrected chi connectivity index (χ2v) is 24.4. The summed E-state index contributed by atoms with van der Waals surface area (Å²) in [5, 5.41) is 0. The molecular formula is C68H66BN3. The summed E-state index contributed by atoms with van der Waals surface area (Å²) in [5.74, 6) is 0. The Morgan fingerprint density at radius 3 is 1.86 bits per heavy atom. The monoisotopic (exact) mass is 936 g/mol. The minimum Gasteiger partial charge on any atom is -0.335 e. The molecule has 4 unspecified atom stereocenters. The summed E-state index contributed by atoms with van der Waals surface area (Å²) in [4.78, 5) is 8.44. The van der Waals surface area contributed by atoms with Gasteiger partial charge in [-0.05, 0) is 167 Å². The molecule has 4 heterocycles. The van der Waals surface area contributed by atoms with Gasteiger partial charge in [0.05, 0.1) is 11.1 Å². The molecule has 4 aliphatic heterocycles. The molecule has 4 heteroatoms. The zero-order valence-corrected chi connectivity index (χ0v) is 43.8. The van der Waals surface area contributed by atoms with Gasteiger partial charge < -0.3 is 14.7 Å². The highest BCUT2D eigenvalue weighted by molar-refractivity contribution is 7.00.